The highest BCUT2D eigenvalue weighted by atomic mass is 32.2. The van der Waals surface area contributed by atoms with E-state index in [0.717, 1.165) is 16.3 Å². The molecule has 0 heterocycles. The fourth-order valence-corrected chi connectivity index (χ4v) is 3.17. The number of para-hydroxylation sites is 1. The molecule has 0 fully saturated rings. The highest BCUT2D eigenvalue weighted by molar-refractivity contribution is 7.99. The summed E-state index contributed by atoms with van der Waals surface area (Å²) in [5.41, 5.74) is 0.898. The molecule has 0 aliphatic carbocycles. The van der Waals surface area contributed by atoms with Crippen molar-refractivity contribution in [1.82, 2.24) is 0 Å². The second kappa shape index (κ2) is 8.02. The van der Waals surface area contributed by atoms with Crippen LogP contribution in [0.25, 0.3) is 0 Å². The smallest absolute Gasteiger partial charge is 0.225 e. The van der Waals surface area contributed by atoms with Crippen LogP contribution in [0.4, 0.5) is 5.69 Å². The zero-order valence-corrected chi connectivity index (χ0v) is 13.0. The number of nitrogens with one attached hydrogen (secondary N) is 1. The van der Waals surface area contributed by atoms with Crippen LogP contribution in [0.2, 0.25) is 0 Å². The summed E-state index contributed by atoms with van der Waals surface area (Å²) in [7, 11) is 0. The lowest BCUT2D eigenvalue weighted by molar-refractivity contribution is -0.115. The summed E-state index contributed by atoms with van der Waals surface area (Å²) < 4.78 is 0. The van der Waals surface area contributed by atoms with Crippen molar-refractivity contribution in [2.75, 3.05) is 17.3 Å². The fraction of sp³-hybridized carbons (Fsp3) is 0.188. The van der Waals surface area contributed by atoms with Crippen LogP contribution in [-0.4, -0.2) is 17.9 Å². The zero-order chi connectivity index (χ0) is 14.2. The number of anilines is 1. The van der Waals surface area contributed by atoms with Gasteiger partial charge in [-0.1, -0.05) is 30.3 Å². The average Bonchev–Trinajstić information content (AvgIpc) is 2.49. The van der Waals surface area contributed by atoms with Gasteiger partial charge in [0.2, 0.25) is 5.91 Å². The van der Waals surface area contributed by atoms with Crippen molar-refractivity contribution in [3.05, 3.63) is 54.6 Å². The molecule has 1 amide bonds. The molecule has 0 aliphatic heterocycles. The van der Waals surface area contributed by atoms with Gasteiger partial charge in [-0.05, 0) is 30.5 Å². The minimum absolute atomic E-state index is 0.0648. The van der Waals surface area contributed by atoms with Crippen molar-refractivity contribution in [1.29, 1.82) is 0 Å². The van der Waals surface area contributed by atoms with Crippen LogP contribution in [0.3, 0.4) is 0 Å². The van der Waals surface area contributed by atoms with Crippen molar-refractivity contribution in [2.45, 2.75) is 16.2 Å². The molecule has 2 aromatic rings. The Bertz CT molecular complexity index is 557. The molecular weight excluding hydrogens is 286 g/mol. The van der Waals surface area contributed by atoms with E-state index in [2.05, 4.69) is 17.4 Å². The Hall–Kier alpha value is -1.39. The third-order valence-electron chi connectivity index (χ3n) is 2.72. The first-order chi connectivity index (χ1) is 9.79. The van der Waals surface area contributed by atoms with Crippen LogP contribution in [0.15, 0.2) is 64.4 Å². The lowest BCUT2D eigenvalue weighted by Gasteiger charge is -2.09. The zero-order valence-electron chi connectivity index (χ0n) is 11.3. The van der Waals surface area contributed by atoms with E-state index in [1.165, 1.54) is 4.90 Å². The van der Waals surface area contributed by atoms with E-state index < -0.39 is 0 Å². The number of hydrogen-bond donors (Lipinski definition) is 1. The summed E-state index contributed by atoms with van der Waals surface area (Å²) in [5, 5.41) is 2.97. The monoisotopic (exact) mass is 303 g/mol. The van der Waals surface area contributed by atoms with Gasteiger partial charge in [-0.2, -0.15) is 0 Å². The molecular formula is C16H17NOS2. The van der Waals surface area contributed by atoms with Crippen molar-refractivity contribution in [3.63, 3.8) is 0 Å². The third-order valence-corrected chi connectivity index (χ3v) is 4.53. The molecule has 0 aliphatic rings. The van der Waals surface area contributed by atoms with Gasteiger partial charge in [0.25, 0.3) is 0 Å². The number of carbonyl (C=O) groups is 1. The van der Waals surface area contributed by atoms with Gasteiger partial charge >= 0.3 is 0 Å². The van der Waals surface area contributed by atoms with Crippen LogP contribution in [-0.2, 0) is 4.79 Å². The molecule has 0 bridgehead atoms. The first kappa shape index (κ1) is 15.0. The second-order valence-corrected chi connectivity index (χ2v) is 6.18. The van der Waals surface area contributed by atoms with E-state index in [1.54, 1.807) is 23.5 Å². The molecule has 104 valence electrons. The lowest BCUT2D eigenvalue weighted by atomic mass is 10.3. The van der Waals surface area contributed by atoms with E-state index in [4.69, 9.17) is 0 Å². The standard InChI is InChI=1S/C16H17NOS2/c1-19-15-10-6-5-9-14(15)17-16(18)11-12-20-13-7-3-2-4-8-13/h2-10H,11-12H2,1H3,(H,17,18). The summed E-state index contributed by atoms with van der Waals surface area (Å²) in [6.45, 7) is 0. The molecule has 20 heavy (non-hydrogen) atoms. The number of hydrogen-bond acceptors (Lipinski definition) is 3. The largest absolute Gasteiger partial charge is 0.325 e. The molecule has 0 atom stereocenters. The molecule has 2 aromatic carbocycles. The van der Waals surface area contributed by atoms with Gasteiger partial charge in [-0.3, -0.25) is 4.79 Å². The topological polar surface area (TPSA) is 29.1 Å². The molecule has 1 N–H and O–H groups in total. The Morgan fingerprint density at radius 1 is 1.05 bits per heavy atom. The Morgan fingerprint density at radius 2 is 1.75 bits per heavy atom. The predicted molar refractivity (Wildman–Crippen MR) is 88.6 cm³/mol. The summed E-state index contributed by atoms with van der Waals surface area (Å²) in [6, 6.07) is 18.0. The SMILES string of the molecule is CSc1ccccc1NC(=O)CCSc1ccccc1. The first-order valence-corrected chi connectivity index (χ1v) is 8.61. The van der Waals surface area contributed by atoms with Gasteiger partial charge < -0.3 is 5.32 Å². The molecule has 0 saturated heterocycles. The summed E-state index contributed by atoms with van der Waals surface area (Å²) in [6.07, 6.45) is 2.53. The van der Waals surface area contributed by atoms with Crippen LogP contribution in [0.5, 0.6) is 0 Å². The number of thioether (sulfide) groups is 2. The van der Waals surface area contributed by atoms with E-state index in [9.17, 15) is 4.79 Å². The van der Waals surface area contributed by atoms with E-state index >= 15 is 0 Å². The summed E-state index contributed by atoms with van der Waals surface area (Å²) in [4.78, 5) is 14.2. The van der Waals surface area contributed by atoms with Crippen molar-refractivity contribution >= 4 is 35.1 Å². The molecule has 2 rings (SSSR count). The summed E-state index contributed by atoms with van der Waals surface area (Å²) in [5.74, 6) is 0.854. The van der Waals surface area contributed by atoms with E-state index in [-0.39, 0.29) is 5.91 Å². The number of rotatable bonds is 6. The highest BCUT2D eigenvalue weighted by Crippen LogP contribution is 2.25. The predicted octanol–water partition coefficient (Wildman–Crippen LogP) is 4.53. The average molecular weight is 303 g/mol. The Morgan fingerprint density at radius 3 is 2.50 bits per heavy atom. The van der Waals surface area contributed by atoms with Crippen LogP contribution < -0.4 is 5.32 Å². The van der Waals surface area contributed by atoms with Crippen molar-refractivity contribution < 1.29 is 4.79 Å². The van der Waals surface area contributed by atoms with Crippen LogP contribution in [0, 0.1) is 0 Å². The van der Waals surface area contributed by atoms with Crippen molar-refractivity contribution in [3.8, 4) is 0 Å². The van der Waals surface area contributed by atoms with E-state index in [0.29, 0.717) is 6.42 Å². The van der Waals surface area contributed by atoms with Gasteiger partial charge in [0.15, 0.2) is 0 Å². The van der Waals surface area contributed by atoms with Crippen molar-refractivity contribution in [2.24, 2.45) is 0 Å². The molecule has 0 radical (unpaired) electrons. The minimum atomic E-state index is 0.0648. The molecule has 2 nitrogen and oxygen atoms in total. The second-order valence-electron chi connectivity index (χ2n) is 4.16. The fourth-order valence-electron chi connectivity index (χ4n) is 1.74. The van der Waals surface area contributed by atoms with Gasteiger partial charge in [0.1, 0.15) is 0 Å². The summed E-state index contributed by atoms with van der Waals surface area (Å²) >= 11 is 3.34. The van der Waals surface area contributed by atoms with Gasteiger partial charge in [0.05, 0.1) is 5.69 Å². The lowest BCUT2D eigenvalue weighted by Crippen LogP contribution is -2.12. The maximum absolute atomic E-state index is 11.9. The van der Waals surface area contributed by atoms with Gasteiger partial charge in [0, 0.05) is 22.0 Å². The Balaban J connectivity index is 1.81. The van der Waals surface area contributed by atoms with Crippen LogP contribution >= 0.6 is 23.5 Å². The Labute approximate surface area is 128 Å². The number of benzene rings is 2. The number of carbonyl (C=O) groups excluding carboxylic acids is 1. The first-order valence-electron chi connectivity index (χ1n) is 6.40. The van der Waals surface area contributed by atoms with E-state index in [1.807, 2.05) is 48.7 Å². The maximum Gasteiger partial charge on any atom is 0.225 e. The highest BCUT2D eigenvalue weighted by Gasteiger charge is 2.06. The maximum atomic E-state index is 11.9. The van der Waals surface area contributed by atoms with Crippen LogP contribution in [0.1, 0.15) is 6.42 Å². The molecule has 0 unspecified atom stereocenters. The molecule has 0 aromatic heterocycles. The molecule has 0 spiro atoms. The number of amides is 1. The molecule has 4 heteroatoms. The molecule has 0 saturated carbocycles. The minimum Gasteiger partial charge on any atom is -0.325 e. The quantitative estimate of drug-likeness (QED) is 0.795. The normalized spacial score (nSPS) is 10.2. The van der Waals surface area contributed by atoms with Gasteiger partial charge in [-0.15, -0.1) is 23.5 Å². The van der Waals surface area contributed by atoms with Gasteiger partial charge in [-0.25, -0.2) is 0 Å². The third kappa shape index (κ3) is 4.62. The Kier molecular flexibility index (Phi) is 6.02.